The molecule has 0 atom stereocenters. The van der Waals surface area contributed by atoms with Crippen LogP contribution in [0.15, 0.2) is 0 Å². The average molecular weight is 260 g/mol. The molecular weight excluding hydrogens is 240 g/mol. The molecule has 98 valence electrons. The Morgan fingerprint density at radius 2 is 2.18 bits per heavy atom. The molecule has 17 heavy (non-hydrogen) atoms. The van der Waals surface area contributed by atoms with Gasteiger partial charge in [0.05, 0.1) is 19.3 Å². The average Bonchev–Trinajstić information content (AvgIpc) is 2.62. The van der Waals surface area contributed by atoms with E-state index < -0.39 is 0 Å². The zero-order chi connectivity index (χ0) is 12.5. The topological polar surface area (TPSA) is 58.6 Å². The van der Waals surface area contributed by atoms with Gasteiger partial charge in [0, 0.05) is 25.4 Å². The van der Waals surface area contributed by atoms with Gasteiger partial charge in [0.2, 0.25) is 5.91 Å². The van der Waals surface area contributed by atoms with E-state index in [0.29, 0.717) is 17.9 Å². The van der Waals surface area contributed by atoms with Crippen LogP contribution in [0.25, 0.3) is 0 Å². The molecule has 0 aromatic rings. The number of hydrogen-bond acceptors (Lipinski definition) is 5. The third-order valence-corrected chi connectivity index (χ3v) is 3.54. The van der Waals surface area contributed by atoms with E-state index in [1.165, 1.54) is 18.9 Å². The number of methoxy groups -OCH3 is 1. The highest BCUT2D eigenvalue weighted by Gasteiger charge is 2.14. The van der Waals surface area contributed by atoms with E-state index in [9.17, 15) is 9.59 Å². The number of ether oxygens (including phenoxy) is 1. The number of esters is 1. The van der Waals surface area contributed by atoms with Crippen LogP contribution in [0.2, 0.25) is 0 Å². The molecule has 1 aliphatic rings. The Kier molecular flexibility index (Phi) is 7.04. The molecule has 0 saturated carbocycles. The van der Waals surface area contributed by atoms with Crippen LogP contribution in [-0.2, 0) is 14.3 Å². The molecule has 1 N–H and O–H groups in total. The lowest BCUT2D eigenvalue weighted by Gasteiger charge is -2.19. The normalized spacial score (nSPS) is 16.4. The van der Waals surface area contributed by atoms with Gasteiger partial charge in [0.25, 0.3) is 0 Å². The fourth-order valence-electron chi connectivity index (χ4n) is 1.60. The number of carbonyl (C=O) groups is 2. The molecule has 0 spiro atoms. The van der Waals surface area contributed by atoms with Crippen molar-refractivity contribution in [2.45, 2.75) is 12.8 Å². The molecule has 0 unspecified atom stereocenters. The Morgan fingerprint density at radius 1 is 1.35 bits per heavy atom. The fraction of sp³-hybridized carbons (Fsp3) is 0.818. The summed E-state index contributed by atoms with van der Waals surface area (Å²) >= 11 is 1.49. The van der Waals surface area contributed by atoms with E-state index >= 15 is 0 Å². The van der Waals surface area contributed by atoms with Crippen LogP contribution < -0.4 is 5.32 Å². The van der Waals surface area contributed by atoms with Gasteiger partial charge in [-0.2, -0.15) is 11.8 Å². The molecular formula is C11H20N2O3S. The zero-order valence-electron chi connectivity index (χ0n) is 10.2. The van der Waals surface area contributed by atoms with E-state index in [2.05, 4.69) is 10.1 Å². The summed E-state index contributed by atoms with van der Waals surface area (Å²) in [6.07, 6.45) is 1.38. The highest BCUT2D eigenvalue weighted by Crippen LogP contribution is 2.06. The summed E-state index contributed by atoms with van der Waals surface area (Å²) in [5.74, 6) is 1.05. The molecule has 1 heterocycles. The van der Waals surface area contributed by atoms with Crippen LogP contribution in [0.3, 0.4) is 0 Å². The smallest absolute Gasteiger partial charge is 0.306 e. The molecule has 1 saturated heterocycles. The summed E-state index contributed by atoms with van der Waals surface area (Å²) < 4.78 is 4.53. The predicted octanol–water partition coefficient (Wildman–Crippen LogP) is 0.105. The minimum absolute atomic E-state index is 0.170. The van der Waals surface area contributed by atoms with Crippen LogP contribution in [0.5, 0.6) is 0 Å². The van der Waals surface area contributed by atoms with Gasteiger partial charge < -0.3 is 15.0 Å². The molecule has 1 amide bonds. The Balaban J connectivity index is 2.13. The van der Waals surface area contributed by atoms with Crippen molar-refractivity contribution in [3.8, 4) is 0 Å². The van der Waals surface area contributed by atoms with Crippen LogP contribution in [0.4, 0.5) is 0 Å². The lowest BCUT2D eigenvalue weighted by molar-refractivity contribution is -0.140. The van der Waals surface area contributed by atoms with Crippen molar-refractivity contribution < 1.29 is 14.3 Å². The molecule has 1 fully saturated rings. The molecule has 1 aliphatic heterocycles. The first kappa shape index (κ1) is 14.3. The quantitative estimate of drug-likeness (QED) is 0.561. The lowest BCUT2D eigenvalue weighted by atomic mass is 10.4. The van der Waals surface area contributed by atoms with Gasteiger partial charge in [0.15, 0.2) is 0 Å². The predicted molar refractivity (Wildman–Crippen MR) is 68.0 cm³/mol. The minimum atomic E-state index is -0.219. The van der Waals surface area contributed by atoms with E-state index in [1.807, 2.05) is 4.90 Å². The number of rotatable bonds is 5. The van der Waals surface area contributed by atoms with E-state index in [0.717, 1.165) is 32.6 Å². The summed E-state index contributed by atoms with van der Waals surface area (Å²) in [7, 11) is 1.38. The molecule has 0 radical (unpaired) electrons. The molecule has 0 aliphatic carbocycles. The second kappa shape index (κ2) is 8.36. The van der Waals surface area contributed by atoms with Crippen LogP contribution >= 0.6 is 11.8 Å². The van der Waals surface area contributed by atoms with Crippen LogP contribution in [0.1, 0.15) is 12.8 Å². The summed E-state index contributed by atoms with van der Waals surface area (Å²) in [5, 5.41) is 3.26. The van der Waals surface area contributed by atoms with Crippen molar-refractivity contribution in [1.82, 2.24) is 10.2 Å². The number of nitrogens with zero attached hydrogens (tertiary/aromatic N) is 1. The van der Waals surface area contributed by atoms with Crippen LogP contribution in [0, 0.1) is 0 Å². The first-order valence-corrected chi connectivity index (χ1v) is 7.02. The number of nitrogens with one attached hydrogen (secondary N) is 1. The zero-order valence-corrected chi connectivity index (χ0v) is 11.1. The highest BCUT2D eigenvalue weighted by molar-refractivity contribution is 7.99. The maximum atomic E-state index is 11.8. The first-order chi connectivity index (χ1) is 8.24. The Bertz CT molecular complexity index is 253. The Hall–Kier alpha value is -0.750. The van der Waals surface area contributed by atoms with Crippen molar-refractivity contribution in [3.63, 3.8) is 0 Å². The van der Waals surface area contributed by atoms with Crippen molar-refractivity contribution in [3.05, 3.63) is 0 Å². The van der Waals surface area contributed by atoms with Gasteiger partial charge >= 0.3 is 5.97 Å². The van der Waals surface area contributed by atoms with Gasteiger partial charge in [-0.1, -0.05) is 0 Å². The maximum Gasteiger partial charge on any atom is 0.306 e. The maximum absolute atomic E-state index is 11.8. The summed E-state index contributed by atoms with van der Waals surface area (Å²) in [6.45, 7) is 3.48. The molecule has 0 aromatic carbocycles. The molecule has 5 nitrogen and oxygen atoms in total. The van der Waals surface area contributed by atoms with E-state index in [1.54, 1.807) is 0 Å². The third-order valence-electron chi connectivity index (χ3n) is 2.60. The Morgan fingerprint density at radius 3 is 2.94 bits per heavy atom. The molecule has 0 bridgehead atoms. The number of carbonyl (C=O) groups excluding carboxylic acids is 2. The molecule has 6 heteroatoms. The van der Waals surface area contributed by atoms with Gasteiger partial charge in [-0.05, 0) is 13.0 Å². The van der Waals surface area contributed by atoms with Crippen molar-refractivity contribution >= 4 is 23.6 Å². The summed E-state index contributed by atoms with van der Waals surface area (Å²) in [4.78, 5) is 24.6. The minimum Gasteiger partial charge on any atom is -0.469 e. The number of amides is 1. The second-order valence-corrected chi connectivity index (χ2v) is 4.97. The second-order valence-electron chi connectivity index (χ2n) is 3.86. The first-order valence-electron chi connectivity index (χ1n) is 5.87. The van der Waals surface area contributed by atoms with Crippen molar-refractivity contribution in [2.24, 2.45) is 0 Å². The fourth-order valence-corrected chi connectivity index (χ4v) is 2.42. The van der Waals surface area contributed by atoms with Crippen molar-refractivity contribution in [1.29, 1.82) is 0 Å². The molecule has 1 rings (SSSR count). The van der Waals surface area contributed by atoms with Crippen molar-refractivity contribution in [2.75, 3.05) is 44.8 Å². The van der Waals surface area contributed by atoms with Gasteiger partial charge in [0.1, 0.15) is 0 Å². The van der Waals surface area contributed by atoms with Gasteiger partial charge in [-0.25, -0.2) is 0 Å². The van der Waals surface area contributed by atoms with Crippen LogP contribution in [-0.4, -0.2) is 61.6 Å². The largest absolute Gasteiger partial charge is 0.469 e. The summed E-state index contributed by atoms with van der Waals surface area (Å²) in [5.41, 5.74) is 0. The highest BCUT2D eigenvalue weighted by atomic mass is 32.2. The van der Waals surface area contributed by atoms with E-state index in [4.69, 9.17) is 0 Å². The number of thioether (sulfide) groups is 1. The summed E-state index contributed by atoms with van der Waals surface area (Å²) in [6, 6.07) is 0. The Labute approximate surface area is 106 Å². The SMILES string of the molecule is COC(=O)CCSCC(=O)N1CCCNCC1. The monoisotopic (exact) mass is 260 g/mol. The number of hydrogen-bond donors (Lipinski definition) is 1. The lowest BCUT2D eigenvalue weighted by Crippen LogP contribution is -2.35. The van der Waals surface area contributed by atoms with Gasteiger partial charge in [-0.3, -0.25) is 9.59 Å². The van der Waals surface area contributed by atoms with Gasteiger partial charge in [-0.15, -0.1) is 0 Å². The third kappa shape index (κ3) is 5.93. The van der Waals surface area contributed by atoms with E-state index in [-0.39, 0.29) is 11.9 Å². The standard InChI is InChI=1S/C11H20N2O3S/c1-16-11(15)3-8-17-9-10(14)13-6-2-4-12-5-7-13/h12H,2-9H2,1H3. The molecule has 0 aromatic heterocycles.